The molecule has 21 heavy (non-hydrogen) atoms. The Balaban J connectivity index is 1.65. The molecule has 1 fully saturated rings. The number of rotatable bonds is 5. The molecule has 0 aliphatic heterocycles. The third kappa shape index (κ3) is 2.83. The van der Waals surface area contributed by atoms with Crippen LogP contribution in [0.2, 0.25) is 0 Å². The van der Waals surface area contributed by atoms with Crippen molar-refractivity contribution >= 4 is 23.2 Å². The number of carboxylic acids is 1. The van der Waals surface area contributed by atoms with Gasteiger partial charge in [-0.1, -0.05) is 30.3 Å². The van der Waals surface area contributed by atoms with Gasteiger partial charge in [-0.15, -0.1) is 11.3 Å². The van der Waals surface area contributed by atoms with E-state index in [-0.39, 0.29) is 16.2 Å². The largest absolute Gasteiger partial charge is 0.477 e. The molecular formula is C16H15NO3S. The lowest BCUT2D eigenvalue weighted by Gasteiger charge is -2.16. The van der Waals surface area contributed by atoms with Gasteiger partial charge in [0, 0.05) is 12.0 Å². The molecular weight excluding hydrogens is 286 g/mol. The predicted octanol–water partition coefficient (Wildman–Crippen LogP) is 2.91. The third-order valence-corrected chi connectivity index (χ3v) is 4.94. The van der Waals surface area contributed by atoms with Crippen molar-refractivity contribution < 1.29 is 14.7 Å². The van der Waals surface area contributed by atoms with Gasteiger partial charge in [-0.05, 0) is 30.5 Å². The number of hydrogen-bond acceptors (Lipinski definition) is 3. The molecule has 5 heteroatoms. The fourth-order valence-electron chi connectivity index (χ4n) is 2.42. The van der Waals surface area contributed by atoms with Crippen LogP contribution in [0.1, 0.15) is 37.7 Å². The number of thiophene rings is 1. The first-order chi connectivity index (χ1) is 10.1. The molecule has 0 saturated heterocycles. The molecule has 2 aromatic rings. The van der Waals surface area contributed by atoms with Crippen LogP contribution in [-0.2, 0) is 5.41 Å². The Hall–Kier alpha value is -2.14. The summed E-state index contributed by atoms with van der Waals surface area (Å²) in [5.41, 5.74) is 1.31. The van der Waals surface area contributed by atoms with Gasteiger partial charge >= 0.3 is 5.97 Å². The van der Waals surface area contributed by atoms with Crippen LogP contribution in [0.25, 0.3) is 0 Å². The third-order valence-electron chi connectivity index (χ3n) is 3.87. The van der Waals surface area contributed by atoms with E-state index in [1.807, 2.05) is 18.2 Å². The molecule has 108 valence electrons. The summed E-state index contributed by atoms with van der Waals surface area (Å²) >= 11 is 1.00. The summed E-state index contributed by atoms with van der Waals surface area (Å²) in [6.45, 7) is 0.593. The highest BCUT2D eigenvalue weighted by Crippen LogP contribution is 2.47. The van der Waals surface area contributed by atoms with Crippen molar-refractivity contribution in [2.45, 2.75) is 18.3 Å². The maximum Gasteiger partial charge on any atom is 0.345 e. The van der Waals surface area contributed by atoms with E-state index in [0.29, 0.717) is 11.4 Å². The number of hydrogen-bond donors (Lipinski definition) is 2. The number of nitrogens with one attached hydrogen (secondary N) is 1. The summed E-state index contributed by atoms with van der Waals surface area (Å²) in [5, 5.41) is 11.8. The summed E-state index contributed by atoms with van der Waals surface area (Å²) in [5.74, 6) is -1.20. The Bertz CT molecular complexity index is 674. The van der Waals surface area contributed by atoms with Gasteiger partial charge < -0.3 is 10.4 Å². The van der Waals surface area contributed by atoms with Gasteiger partial charge in [0.25, 0.3) is 5.91 Å². The molecule has 1 saturated carbocycles. The number of benzene rings is 1. The number of carboxylic acid groups (broad SMARTS) is 1. The van der Waals surface area contributed by atoms with Crippen molar-refractivity contribution in [2.75, 3.05) is 6.54 Å². The summed E-state index contributed by atoms with van der Waals surface area (Å²) in [6.07, 6.45) is 2.14. The summed E-state index contributed by atoms with van der Waals surface area (Å²) in [6, 6.07) is 13.2. The molecule has 4 nitrogen and oxygen atoms in total. The molecule has 1 aromatic heterocycles. The lowest BCUT2D eigenvalue weighted by atomic mass is 9.96. The Kier molecular flexibility index (Phi) is 3.51. The van der Waals surface area contributed by atoms with Crippen molar-refractivity contribution in [2.24, 2.45) is 0 Å². The Morgan fingerprint density at radius 3 is 2.33 bits per heavy atom. The monoisotopic (exact) mass is 301 g/mol. The van der Waals surface area contributed by atoms with E-state index in [0.717, 1.165) is 24.2 Å². The first kappa shape index (κ1) is 13.8. The lowest BCUT2D eigenvalue weighted by molar-refractivity contribution is 0.0702. The second kappa shape index (κ2) is 5.33. The van der Waals surface area contributed by atoms with E-state index >= 15 is 0 Å². The number of carbonyl (C=O) groups excluding carboxylic acids is 1. The van der Waals surface area contributed by atoms with Gasteiger partial charge in [-0.25, -0.2) is 4.79 Å². The fraction of sp³-hybridized carbons (Fsp3) is 0.250. The standard InChI is InChI=1S/C16H15NO3S/c18-14(12-6-7-13(21-12)15(19)20)17-10-16(8-9-16)11-4-2-1-3-5-11/h1-7H,8-10H2,(H,17,18)(H,19,20). The van der Waals surface area contributed by atoms with Crippen molar-refractivity contribution in [1.82, 2.24) is 5.32 Å². The first-order valence-electron chi connectivity index (χ1n) is 6.78. The lowest BCUT2D eigenvalue weighted by Crippen LogP contribution is -2.31. The van der Waals surface area contributed by atoms with E-state index in [1.165, 1.54) is 11.6 Å². The average Bonchev–Trinajstić information content (AvgIpc) is 3.12. The molecule has 1 heterocycles. The number of amides is 1. The van der Waals surface area contributed by atoms with Crippen LogP contribution < -0.4 is 5.32 Å². The summed E-state index contributed by atoms with van der Waals surface area (Å²) < 4.78 is 0. The predicted molar refractivity (Wildman–Crippen MR) is 81.0 cm³/mol. The second-order valence-corrected chi connectivity index (χ2v) is 6.38. The maximum absolute atomic E-state index is 12.1. The molecule has 1 aliphatic rings. The zero-order chi connectivity index (χ0) is 14.9. The van der Waals surface area contributed by atoms with Crippen molar-refractivity contribution in [3.63, 3.8) is 0 Å². The summed E-state index contributed by atoms with van der Waals surface area (Å²) in [7, 11) is 0. The van der Waals surface area contributed by atoms with Crippen molar-refractivity contribution in [1.29, 1.82) is 0 Å². The van der Waals surface area contributed by atoms with Crippen LogP contribution >= 0.6 is 11.3 Å². The van der Waals surface area contributed by atoms with Gasteiger partial charge in [0.1, 0.15) is 4.88 Å². The highest BCUT2D eigenvalue weighted by atomic mass is 32.1. The van der Waals surface area contributed by atoms with Gasteiger partial charge in [-0.3, -0.25) is 4.79 Å². The van der Waals surface area contributed by atoms with E-state index < -0.39 is 5.97 Å². The zero-order valence-electron chi connectivity index (χ0n) is 11.3. The smallest absolute Gasteiger partial charge is 0.345 e. The Labute approximate surface area is 126 Å². The quantitative estimate of drug-likeness (QED) is 0.892. The van der Waals surface area contributed by atoms with Gasteiger partial charge in [0.2, 0.25) is 0 Å². The number of carbonyl (C=O) groups is 2. The average molecular weight is 301 g/mol. The normalized spacial score (nSPS) is 15.4. The van der Waals surface area contributed by atoms with Crippen molar-refractivity contribution in [3.8, 4) is 0 Å². The van der Waals surface area contributed by atoms with E-state index in [2.05, 4.69) is 17.4 Å². The van der Waals surface area contributed by atoms with Crippen LogP contribution in [0.15, 0.2) is 42.5 Å². The van der Waals surface area contributed by atoms with Crippen LogP contribution in [0, 0.1) is 0 Å². The van der Waals surface area contributed by atoms with Crippen LogP contribution in [-0.4, -0.2) is 23.5 Å². The second-order valence-electron chi connectivity index (χ2n) is 5.30. The summed E-state index contributed by atoms with van der Waals surface area (Å²) in [4.78, 5) is 23.5. The number of aromatic carboxylic acids is 1. The highest BCUT2D eigenvalue weighted by Gasteiger charge is 2.44. The maximum atomic E-state index is 12.1. The van der Waals surface area contributed by atoms with Crippen LogP contribution in [0.4, 0.5) is 0 Å². The van der Waals surface area contributed by atoms with Gasteiger partial charge in [-0.2, -0.15) is 0 Å². The van der Waals surface area contributed by atoms with Gasteiger partial charge in [0.15, 0.2) is 0 Å². The molecule has 0 atom stereocenters. The van der Waals surface area contributed by atoms with E-state index in [9.17, 15) is 9.59 Å². The molecule has 2 N–H and O–H groups in total. The Morgan fingerprint density at radius 1 is 1.10 bits per heavy atom. The minimum Gasteiger partial charge on any atom is -0.477 e. The van der Waals surface area contributed by atoms with E-state index in [1.54, 1.807) is 6.07 Å². The molecule has 1 amide bonds. The SMILES string of the molecule is O=C(O)c1ccc(C(=O)NCC2(c3ccccc3)CC2)s1. The van der Waals surface area contributed by atoms with Gasteiger partial charge in [0.05, 0.1) is 4.88 Å². The molecule has 0 radical (unpaired) electrons. The zero-order valence-corrected chi connectivity index (χ0v) is 12.2. The Morgan fingerprint density at radius 2 is 1.76 bits per heavy atom. The minimum atomic E-state index is -0.998. The van der Waals surface area contributed by atoms with E-state index in [4.69, 9.17) is 5.11 Å². The molecule has 1 aromatic carbocycles. The van der Waals surface area contributed by atoms with Crippen molar-refractivity contribution in [3.05, 3.63) is 57.8 Å². The molecule has 0 bridgehead atoms. The molecule has 3 rings (SSSR count). The van der Waals surface area contributed by atoms with Crippen LogP contribution in [0.3, 0.4) is 0 Å². The molecule has 0 spiro atoms. The fourth-order valence-corrected chi connectivity index (χ4v) is 3.18. The molecule has 1 aliphatic carbocycles. The topological polar surface area (TPSA) is 66.4 Å². The first-order valence-corrected chi connectivity index (χ1v) is 7.59. The minimum absolute atomic E-state index is 0.0593. The van der Waals surface area contributed by atoms with Crippen LogP contribution in [0.5, 0.6) is 0 Å². The molecule has 0 unspecified atom stereocenters. The highest BCUT2D eigenvalue weighted by molar-refractivity contribution is 7.15.